The molecule has 0 aromatic rings. The van der Waals surface area contributed by atoms with Gasteiger partial charge in [0.2, 0.25) is 0 Å². The van der Waals surface area contributed by atoms with Gasteiger partial charge >= 0.3 is 0 Å². The Kier molecular flexibility index (Phi) is 3.26. The number of rotatable bonds is 2. The molecule has 0 aliphatic heterocycles. The molecule has 1 N–H and O–H groups in total. The molecule has 90 valence electrons. The van der Waals surface area contributed by atoms with Crippen molar-refractivity contribution in [2.75, 3.05) is 0 Å². The van der Waals surface area contributed by atoms with Gasteiger partial charge in [0.05, 0.1) is 6.07 Å². The Balaban J connectivity index is 2.13. The fourth-order valence-corrected chi connectivity index (χ4v) is 3.43. The number of hydrogen-bond donors (Lipinski definition) is 1. The SMILES string of the molecule is CC1(C)CCCCC1(C#N)NC1CCCC1. The van der Waals surface area contributed by atoms with Crippen molar-refractivity contribution < 1.29 is 0 Å². The van der Waals surface area contributed by atoms with E-state index in [1.807, 2.05) is 0 Å². The highest BCUT2D eigenvalue weighted by atomic mass is 15.0. The lowest BCUT2D eigenvalue weighted by Crippen LogP contribution is -2.59. The maximum absolute atomic E-state index is 9.62. The van der Waals surface area contributed by atoms with Crippen LogP contribution in [-0.4, -0.2) is 11.6 Å². The van der Waals surface area contributed by atoms with Crippen LogP contribution in [0, 0.1) is 16.7 Å². The number of hydrogen-bond acceptors (Lipinski definition) is 2. The minimum atomic E-state index is -0.264. The highest BCUT2D eigenvalue weighted by Crippen LogP contribution is 2.44. The molecule has 1 atom stereocenters. The molecule has 2 saturated carbocycles. The molecule has 0 saturated heterocycles. The Morgan fingerprint density at radius 2 is 1.69 bits per heavy atom. The standard InChI is InChI=1S/C14H24N2/c1-13(2)9-5-6-10-14(13,11-15)16-12-7-3-4-8-12/h12,16H,3-10H2,1-2H3. The minimum Gasteiger partial charge on any atom is -0.296 e. The van der Waals surface area contributed by atoms with Crippen molar-refractivity contribution in [1.82, 2.24) is 5.32 Å². The quantitative estimate of drug-likeness (QED) is 0.774. The lowest BCUT2D eigenvalue weighted by Gasteiger charge is -2.47. The largest absolute Gasteiger partial charge is 0.296 e. The molecule has 2 rings (SSSR count). The molecule has 0 aromatic carbocycles. The van der Waals surface area contributed by atoms with Crippen molar-refractivity contribution in [3.8, 4) is 6.07 Å². The first-order chi connectivity index (χ1) is 7.60. The predicted molar refractivity (Wildman–Crippen MR) is 66.0 cm³/mol. The topological polar surface area (TPSA) is 35.8 Å². The first-order valence-corrected chi connectivity index (χ1v) is 6.79. The smallest absolute Gasteiger partial charge is 0.112 e. The molecular formula is C14H24N2. The summed E-state index contributed by atoms with van der Waals surface area (Å²) in [5, 5.41) is 13.3. The van der Waals surface area contributed by atoms with Gasteiger partial charge in [0.15, 0.2) is 0 Å². The van der Waals surface area contributed by atoms with Gasteiger partial charge in [0, 0.05) is 6.04 Å². The summed E-state index contributed by atoms with van der Waals surface area (Å²) in [7, 11) is 0. The molecule has 0 amide bonds. The van der Waals surface area contributed by atoms with Crippen molar-refractivity contribution in [1.29, 1.82) is 5.26 Å². The Labute approximate surface area is 99.4 Å². The first kappa shape index (κ1) is 11.9. The zero-order chi connectivity index (χ0) is 11.6. The molecule has 2 aliphatic rings. The predicted octanol–water partition coefficient (Wildman–Crippen LogP) is 3.38. The van der Waals surface area contributed by atoms with Crippen LogP contribution in [0.5, 0.6) is 0 Å². The highest BCUT2D eigenvalue weighted by Gasteiger charge is 2.48. The van der Waals surface area contributed by atoms with E-state index in [4.69, 9.17) is 0 Å². The van der Waals surface area contributed by atoms with Gasteiger partial charge in [-0.1, -0.05) is 39.5 Å². The third-order valence-corrected chi connectivity index (χ3v) is 4.76. The zero-order valence-corrected chi connectivity index (χ0v) is 10.7. The van der Waals surface area contributed by atoms with E-state index in [1.54, 1.807) is 0 Å². The Bertz CT molecular complexity index is 284. The molecule has 2 nitrogen and oxygen atoms in total. The van der Waals surface area contributed by atoms with Gasteiger partial charge in [0.1, 0.15) is 5.54 Å². The van der Waals surface area contributed by atoms with E-state index >= 15 is 0 Å². The molecular weight excluding hydrogens is 196 g/mol. The molecule has 1 unspecified atom stereocenters. The van der Waals surface area contributed by atoms with E-state index < -0.39 is 0 Å². The third-order valence-electron chi connectivity index (χ3n) is 4.76. The third kappa shape index (κ3) is 1.98. The summed E-state index contributed by atoms with van der Waals surface area (Å²) in [6.07, 6.45) is 9.89. The fourth-order valence-electron chi connectivity index (χ4n) is 3.43. The average molecular weight is 220 g/mol. The summed E-state index contributed by atoms with van der Waals surface area (Å²) in [6, 6.07) is 3.22. The lowest BCUT2D eigenvalue weighted by molar-refractivity contribution is 0.0980. The van der Waals surface area contributed by atoms with Gasteiger partial charge in [-0.2, -0.15) is 5.26 Å². The van der Waals surface area contributed by atoms with Crippen LogP contribution in [0.1, 0.15) is 65.2 Å². The van der Waals surface area contributed by atoms with Crippen LogP contribution < -0.4 is 5.32 Å². The van der Waals surface area contributed by atoms with Gasteiger partial charge in [-0.05, 0) is 31.1 Å². The molecule has 0 spiro atoms. The average Bonchev–Trinajstić information content (AvgIpc) is 2.74. The summed E-state index contributed by atoms with van der Waals surface area (Å²) < 4.78 is 0. The molecule has 0 heterocycles. The van der Waals surface area contributed by atoms with Gasteiger partial charge in [-0.25, -0.2) is 0 Å². The summed E-state index contributed by atoms with van der Waals surface area (Å²) >= 11 is 0. The van der Waals surface area contributed by atoms with Crippen LogP contribution >= 0.6 is 0 Å². The Morgan fingerprint density at radius 3 is 2.25 bits per heavy atom. The van der Waals surface area contributed by atoms with E-state index in [1.165, 1.54) is 44.9 Å². The summed E-state index contributed by atoms with van der Waals surface area (Å²) in [6.45, 7) is 4.52. The number of nitriles is 1. The van der Waals surface area contributed by atoms with E-state index in [9.17, 15) is 5.26 Å². The van der Waals surface area contributed by atoms with E-state index in [-0.39, 0.29) is 11.0 Å². The normalized spacial score (nSPS) is 34.8. The van der Waals surface area contributed by atoms with Gasteiger partial charge in [-0.15, -0.1) is 0 Å². The van der Waals surface area contributed by atoms with Crippen LogP contribution in [0.15, 0.2) is 0 Å². The molecule has 0 bridgehead atoms. The van der Waals surface area contributed by atoms with E-state index in [2.05, 4.69) is 25.2 Å². The summed E-state index contributed by atoms with van der Waals surface area (Å²) in [5.74, 6) is 0. The summed E-state index contributed by atoms with van der Waals surface area (Å²) in [5.41, 5.74) is -0.136. The van der Waals surface area contributed by atoms with Crippen LogP contribution in [-0.2, 0) is 0 Å². The Morgan fingerprint density at radius 1 is 1.06 bits per heavy atom. The van der Waals surface area contributed by atoms with E-state index in [0.717, 1.165) is 6.42 Å². The van der Waals surface area contributed by atoms with Crippen LogP contribution in [0.25, 0.3) is 0 Å². The molecule has 0 aromatic heterocycles. The maximum Gasteiger partial charge on any atom is 0.112 e. The highest BCUT2D eigenvalue weighted by molar-refractivity contribution is 5.17. The second kappa shape index (κ2) is 4.37. The van der Waals surface area contributed by atoms with Crippen LogP contribution in [0.3, 0.4) is 0 Å². The van der Waals surface area contributed by atoms with Crippen LogP contribution in [0.2, 0.25) is 0 Å². The van der Waals surface area contributed by atoms with Crippen molar-refractivity contribution >= 4 is 0 Å². The molecule has 16 heavy (non-hydrogen) atoms. The number of nitrogens with one attached hydrogen (secondary N) is 1. The summed E-state index contributed by atoms with van der Waals surface area (Å²) in [4.78, 5) is 0. The molecule has 2 aliphatic carbocycles. The second-order valence-corrected chi connectivity index (χ2v) is 6.23. The maximum atomic E-state index is 9.62. The zero-order valence-electron chi connectivity index (χ0n) is 10.7. The number of nitrogens with zero attached hydrogens (tertiary/aromatic N) is 1. The molecule has 0 radical (unpaired) electrons. The molecule has 2 heteroatoms. The van der Waals surface area contributed by atoms with Gasteiger partial charge < -0.3 is 0 Å². The van der Waals surface area contributed by atoms with Gasteiger partial charge in [0.25, 0.3) is 0 Å². The Hall–Kier alpha value is -0.550. The van der Waals surface area contributed by atoms with Gasteiger partial charge in [-0.3, -0.25) is 5.32 Å². The fraction of sp³-hybridized carbons (Fsp3) is 0.929. The first-order valence-electron chi connectivity index (χ1n) is 6.79. The van der Waals surface area contributed by atoms with Crippen molar-refractivity contribution in [2.24, 2.45) is 5.41 Å². The van der Waals surface area contributed by atoms with E-state index in [0.29, 0.717) is 6.04 Å². The van der Waals surface area contributed by atoms with Crippen molar-refractivity contribution in [3.05, 3.63) is 0 Å². The lowest BCUT2D eigenvalue weighted by atomic mass is 9.63. The van der Waals surface area contributed by atoms with Crippen LogP contribution in [0.4, 0.5) is 0 Å². The monoisotopic (exact) mass is 220 g/mol. The molecule has 2 fully saturated rings. The van der Waals surface area contributed by atoms with Crippen molar-refractivity contribution in [2.45, 2.75) is 76.8 Å². The minimum absolute atomic E-state index is 0.128. The van der Waals surface area contributed by atoms with Crippen molar-refractivity contribution in [3.63, 3.8) is 0 Å². The second-order valence-electron chi connectivity index (χ2n) is 6.23.